The molecular formula is C24H22ClN3O4S2. The first-order valence-corrected chi connectivity index (χ1v) is 12.9. The number of nitrogens with one attached hydrogen (secondary N) is 1. The molecule has 1 aliphatic rings. The summed E-state index contributed by atoms with van der Waals surface area (Å²) in [6.45, 7) is 2.74. The van der Waals surface area contributed by atoms with E-state index in [1.807, 2.05) is 0 Å². The average molecular weight is 516 g/mol. The molecule has 0 saturated heterocycles. The van der Waals surface area contributed by atoms with Gasteiger partial charge in [-0.15, -0.1) is 23.1 Å². The molecule has 0 fully saturated rings. The molecule has 34 heavy (non-hydrogen) atoms. The van der Waals surface area contributed by atoms with Gasteiger partial charge >= 0.3 is 5.97 Å². The largest absolute Gasteiger partial charge is 0.478 e. The number of carboxylic acids is 1. The quantitative estimate of drug-likeness (QED) is 0.406. The number of carboxylic acid groups (broad SMARTS) is 1. The minimum atomic E-state index is -1.10. The second-order valence-corrected chi connectivity index (χ2v) is 10.3. The summed E-state index contributed by atoms with van der Waals surface area (Å²) >= 11 is 8.63. The van der Waals surface area contributed by atoms with Crippen molar-refractivity contribution in [2.75, 3.05) is 17.6 Å². The molecule has 10 heteroatoms. The molecule has 1 aromatic carbocycles. The van der Waals surface area contributed by atoms with E-state index in [0.29, 0.717) is 39.7 Å². The molecule has 0 radical (unpaired) electrons. The van der Waals surface area contributed by atoms with Gasteiger partial charge in [0, 0.05) is 28.2 Å². The third kappa shape index (κ3) is 5.11. The second-order valence-electron chi connectivity index (χ2n) is 7.66. The van der Waals surface area contributed by atoms with Crippen molar-refractivity contribution in [3.8, 4) is 0 Å². The molecule has 0 aliphatic carbocycles. The summed E-state index contributed by atoms with van der Waals surface area (Å²) in [5, 5.41) is 14.1. The van der Waals surface area contributed by atoms with Crippen LogP contribution < -0.4 is 5.32 Å². The number of benzene rings is 1. The van der Waals surface area contributed by atoms with Crippen LogP contribution in [-0.2, 0) is 13.0 Å². The molecule has 1 aliphatic heterocycles. The Morgan fingerprint density at radius 2 is 2.00 bits per heavy atom. The van der Waals surface area contributed by atoms with Gasteiger partial charge in [-0.1, -0.05) is 18.5 Å². The fourth-order valence-electron chi connectivity index (χ4n) is 3.71. The van der Waals surface area contributed by atoms with Crippen LogP contribution in [0, 0.1) is 0 Å². The zero-order chi connectivity index (χ0) is 24.2. The van der Waals surface area contributed by atoms with Crippen molar-refractivity contribution in [1.29, 1.82) is 0 Å². The molecule has 0 saturated carbocycles. The van der Waals surface area contributed by atoms with Crippen LogP contribution in [0.25, 0.3) is 0 Å². The molecule has 7 nitrogen and oxygen atoms in total. The van der Waals surface area contributed by atoms with Gasteiger partial charge in [0.05, 0.1) is 17.7 Å². The summed E-state index contributed by atoms with van der Waals surface area (Å²) in [4.78, 5) is 44.9. The van der Waals surface area contributed by atoms with Crippen LogP contribution in [0.5, 0.6) is 0 Å². The van der Waals surface area contributed by atoms with E-state index in [1.165, 1.54) is 11.3 Å². The number of nitrogens with zero attached hydrogens (tertiary/aromatic N) is 2. The number of hydrogen-bond donors (Lipinski definition) is 2. The van der Waals surface area contributed by atoms with Gasteiger partial charge < -0.3 is 15.3 Å². The number of halogens is 1. The van der Waals surface area contributed by atoms with Crippen LogP contribution in [-0.4, -0.2) is 45.1 Å². The summed E-state index contributed by atoms with van der Waals surface area (Å²) in [5.41, 5.74) is 1.68. The van der Waals surface area contributed by atoms with E-state index in [9.17, 15) is 19.5 Å². The molecule has 0 atom stereocenters. The van der Waals surface area contributed by atoms with Crippen LogP contribution in [0.2, 0.25) is 5.02 Å². The Kier molecular flexibility index (Phi) is 7.55. The number of amides is 2. The van der Waals surface area contributed by atoms with Gasteiger partial charge in [0.1, 0.15) is 10.0 Å². The highest BCUT2D eigenvalue weighted by Crippen LogP contribution is 2.38. The van der Waals surface area contributed by atoms with Crippen molar-refractivity contribution < 1.29 is 19.5 Å². The Bertz CT molecular complexity index is 1240. The highest BCUT2D eigenvalue weighted by molar-refractivity contribution is 7.99. The first-order chi connectivity index (χ1) is 16.4. The second kappa shape index (κ2) is 10.6. The summed E-state index contributed by atoms with van der Waals surface area (Å²) in [6.07, 6.45) is 3.05. The predicted octanol–water partition coefficient (Wildman–Crippen LogP) is 5.45. The van der Waals surface area contributed by atoms with Gasteiger partial charge in [-0.3, -0.25) is 9.59 Å². The van der Waals surface area contributed by atoms with Crippen LogP contribution in [0.3, 0.4) is 0 Å². The topological polar surface area (TPSA) is 99.6 Å². The molecule has 0 unspecified atom stereocenters. The van der Waals surface area contributed by atoms with Crippen molar-refractivity contribution >= 4 is 57.5 Å². The minimum absolute atomic E-state index is 0.0926. The van der Waals surface area contributed by atoms with E-state index >= 15 is 0 Å². The first-order valence-electron chi connectivity index (χ1n) is 10.7. The summed E-state index contributed by atoms with van der Waals surface area (Å²) < 4.78 is 0. The monoisotopic (exact) mass is 515 g/mol. The number of aromatic nitrogens is 1. The van der Waals surface area contributed by atoms with E-state index in [0.717, 1.165) is 17.1 Å². The SMILES string of the molecule is CCCSc1ncccc1C(=O)N1CCc2c(sc(NC(=O)c3ccc(Cl)cc3)c2C(=O)O)C1. The van der Waals surface area contributed by atoms with Crippen molar-refractivity contribution in [3.05, 3.63) is 74.7 Å². The normalized spacial score (nSPS) is 12.8. The van der Waals surface area contributed by atoms with Crippen LogP contribution >= 0.6 is 34.7 Å². The van der Waals surface area contributed by atoms with Gasteiger partial charge in [-0.25, -0.2) is 9.78 Å². The van der Waals surface area contributed by atoms with Crippen molar-refractivity contribution in [1.82, 2.24) is 9.88 Å². The number of anilines is 1. The van der Waals surface area contributed by atoms with E-state index in [4.69, 9.17) is 11.6 Å². The maximum absolute atomic E-state index is 13.3. The highest BCUT2D eigenvalue weighted by Gasteiger charge is 2.31. The van der Waals surface area contributed by atoms with E-state index < -0.39 is 11.9 Å². The van der Waals surface area contributed by atoms with E-state index in [-0.39, 0.29) is 23.0 Å². The van der Waals surface area contributed by atoms with Gasteiger partial charge in [-0.2, -0.15) is 0 Å². The Labute approximate surface area is 210 Å². The number of hydrogen-bond acceptors (Lipinski definition) is 6. The molecule has 2 amide bonds. The van der Waals surface area contributed by atoms with Crippen LogP contribution in [0.1, 0.15) is 54.9 Å². The number of pyridine rings is 1. The molecule has 4 rings (SSSR count). The van der Waals surface area contributed by atoms with Gasteiger partial charge in [0.15, 0.2) is 0 Å². The lowest BCUT2D eigenvalue weighted by Crippen LogP contribution is -2.36. The minimum Gasteiger partial charge on any atom is -0.478 e. The maximum Gasteiger partial charge on any atom is 0.339 e. The Morgan fingerprint density at radius 1 is 1.24 bits per heavy atom. The molecule has 2 aromatic heterocycles. The number of rotatable bonds is 7. The Hall–Kier alpha value is -2.88. The molecule has 0 bridgehead atoms. The lowest BCUT2D eigenvalue weighted by molar-refractivity contribution is 0.0696. The fourth-order valence-corrected chi connectivity index (χ4v) is 5.93. The molecule has 2 N–H and O–H groups in total. The molecule has 176 valence electrons. The smallest absolute Gasteiger partial charge is 0.339 e. The molecule has 3 heterocycles. The number of thiophene rings is 1. The maximum atomic E-state index is 13.3. The zero-order valence-electron chi connectivity index (χ0n) is 18.3. The third-order valence-electron chi connectivity index (χ3n) is 5.34. The summed E-state index contributed by atoms with van der Waals surface area (Å²) in [6, 6.07) is 9.88. The first kappa shape index (κ1) is 24.3. The van der Waals surface area contributed by atoms with Crippen LogP contribution in [0.4, 0.5) is 5.00 Å². The van der Waals surface area contributed by atoms with Gasteiger partial charge in [0.2, 0.25) is 0 Å². The number of thioether (sulfide) groups is 1. The molecule has 0 spiro atoms. The summed E-state index contributed by atoms with van der Waals surface area (Å²) in [7, 11) is 0. The number of carbonyl (C=O) groups is 3. The average Bonchev–Trinajstić information content (AvgIpc) is 3.20. The lowest BCUT2D eigenvalue weighted by atomic mass is 10.0. The predicted molar refractivity (Wildman–Crippen MR) is 134 cm³/mol. The number of fused-ring (bicyclic) bond motifs is 1. The van der Waals surface area contributed by atoms with E-state index in [1.54, 1.807) is 59.3 Å². The summed E-state index contributed by atoms with van der Waals surface area (Å²) in [5.74, 6) is -0.785. The van der Waals surface area contributed by atoms with Crippen LogP contribution in [0.15, 0.2) is 47.6 Å². The number of carbonyl (C=O) groups excluding carboxylic acids is 2. The molecule has 3 aromatic rings. The Balaban J connectivity index is 1.58. The number of aromatic carboxylic acids is 1. The third-order valence-corrected chi connectivity index (χ3v) is 7.93. The van der Waals surface area contributed by atoms with E-state index in [2.05, 4.69) is 17.2 Å². The standard InChI is InChI=1S/C24H22ClN3O4S2/c1-2-12-33-21-17(4-3-10-26-21)23(30)28-11-9-16-18(13-28)34-22(19(16)24(31)32)27-20(29)14-5-7-15(25)8-6-14/h3-8,10H,2,9,11-13H2,1H3,(H,27,29)(H,31,32). The molecular weight excluding hydrogens is 494 g/mol. The van der Waals surface area contributed by atoms with Crippen molar-refractivity contribution in [2.45, 2.75) is 31.3 Å². The van der Waals surface area contributed by atoms with Crippen molar-refractivity contribution in [3.63, 3.8) is 0 Å². The fraction of sp³-hybridized carbons (Fsp3) is 0.250. The van der Waals surface area contributed by atoms with Crippen molar-refractivity contribution in [2.24, 2.45) is 0 Å². The highest BCUT2D eigenvalue weighted by atomic mass is 35.5. The van der Waals surface area contributed by atoms with Gasteiger partial charge in [-0.05, 0) is 60.6 Å². The lowest BCUT2D eigenvalue weighted by Gasteiger charge is -2.27. The zero-order valence-corrected chi connectivity index (χ0v) is 20.7. The van der Waals surface area contributed by atoms with Gasteiger partial charge in [0.25, 0.3) is 11.8 Å². The Morgan fingerprint density at radius 3 is 2.71 bits per heavy atom.